The number of nitrogens with one attached hydrogen (secondary N) is 2. The highest BCUT2D eigenvalue weighted by Crippen LogP contribution is 2.32. The number of hydrogen-bond acceptors (Lipinski definition) is 5. The van der Waals surface area contributed by atoms with E-state index in [0.29, 0.717) is 18.0 Å². The summed E-state index contributed by atoms with van der Waals surface area (Å²) in [6, 6.07) is 11.8. The van der Waals surface area contributed by atoms with Gasteiger partial charge in [0.1, 0.15) is 6.04 Å². The lowest BCUT2D eigenvalue weighted by Gasteiger charge is -2.26. The van der Waals surface area contributed by atoms with Gasteiger partial charge in [-0.15, -0.1) is 0 Å². The zero-order valence-corrected chi connectivity index (χ0v) is 24.5. The van der Waals surface area contributed by atoms with E-state index in [2.05, 4.69) is 21.7 Å². The van der Waals surface area contributed by atoms with Crippen molar-refractivity contribution < 1.29 is 18.0 Å². The van der Waals surface area contributed by atoms with E-state index in [-0.39, 0.29) is 28.6 Å². The Bertz CT molecular complexity index is 1370. The number of nitrogens with zero attached hydrogens (tertiary/aromatic N) is 2. The summed E-state index contributed by atoms with van der Waals surface area (Å²) in [6.45, 7) is 1.80. The van der Waals surface area contributed by atoms with E-state index in [1.807, 2.05) is 18.2 Å². The molecule has 4 N–H and O–H groups in total. The molecule has 4 rings (SSSR count). The smallest absolute Gasteiger partial charge is 0.249 e. The van der Waals surface area contributed by atoms with Crippen LogP contribution >= 0.6 is 0 Å². The van der Waals surface area contributed by atoms with Gasteiger partial charge >= 0.3 is 0 Å². The molecular weight excluding hydrogens is 526 g/mol. The number of nitrogens with two attached hydrogens (primary N) is 1. The maximum absolute atomic E-state index is 13.6. The van der Waals surface area contributed by atoms with Crippen molar-refractivity contribution in [3.8, 4) is 0 Å². The Morgan fingerprint density at radius 1 is 1.05 bits per heavy atom. The van der Waals surface area contributed by atoms with Crippen molar-refractivity contribution in [1.29, 1.82) is 0 Å². The topological polar surface area (TPSA) is 134 Å². The molecule has 1 saturated carbocycles. The van der Waals surface area contributed by atoms with Gasteiger partial charge in [0.2, 0.25) is 21.8 Å². The molecule has 9 nitrogen and oxygen atoms in total. The number of anilines is 1. The van der Waals surface area contributed by atoms with Crippen molar-refractivity contribution in [2.45, 2.75) is 81.6 Å². The summed E-state index contributed by atoms with van der Waals surface area (Å²) in [7, 11) is -0.745. The summed E-state index contributed by atoms with van der Waals surface area (Å²) < 4.78 is 26.5. The first-order valence-corrected chi connectivity index (χ1v) is 15.6. The molecule has 0 spiro atoms. The predicted octanol–water partition coefficient (Wildman–Crippen LogP) is 4.07. The van der Waals surface area contributed by atoms with E-state index in [4.69, 9.17) is 5.73 Å². The Morgan fingerprint density at radius 2 is 1.77 bits per heavy atom. The van der Waals surface area contributed by atoms with Crippen LogP contribution in [-0.4, -0.2) is 50.6 Å². The van der Waals surface area contributed by atoms with Crippen LogP contribution in [0.15, 0.2) is 52.4 Å². The Kier molecular flexibility index (Phi) is 9.63. The molecular formula is C30H41N5O4S. The number of rotatable bonds is 8. The van der Waals surface area contributed by atoms with Crippen LogP contribution in [0.4, 0.5) is 5.69 Å². The second-order valence-electron chi connectivity index (χ2n) is 11.2. The molecule has 0 bridgehead atoms. The molecule has 1 fully saturated rings. The van der Waals surface area contributed by atoms with Gasteiger partial charge in [-0.1, -0.05) is 62.4 Å². The molecule has 40 heavy (non-hydrogen) atoms. The third-order valence-corrected chi connectivity index (χ3v) is 9.87. The van der Waals surface area contributed by atoms with E-state index in [0.717, 1.165) is 60.4 Å². The first kappa shape index (κ1) is 29.7. The average molecular weight is 568 g/mol. The van der Waals surface area contributed by atoms with Crippen LogP contribution < -0.4 is 16.4 Å². The highest BCUT2D eigenvalue weighted by Gasteiger charge is 2.29. The van der Waals surface area contributed by atoms with Crippen LogP contribution in [0, 0.1) is 12.8 Å². The fourth-order valence-electron chi connectivity index (χ4n) is 5.72. The number of hydrogen-bond donors (Lipinski definition) is 3. The molecule has 10 heteroatoms. The van der Waals surface area contributed by atoms with Crippen molar-refractivity contribution in [3.05, 3.63) is 59.2 Å². The van der Waals surface area contributed by atoms with E-state index in [1.165, 1.54) is 38.2 Å². The Labute approximate surface area is 237 Å². The first-order valence-electron chi connectivity index (χ1n) is 14.1. The standard InChI is InChI=1S/C30H41N5O4S/c1-20-16-17-23(40(38,39)35(2)3)19-26(20)32-29(37)27(18-21-10-5-4-6-11-21)33-30(31)34-28(36)25-15-9-13-22-12-7-8-14-24(22)25/h7-8,12,14,16-17,19,21,25,27H,4-6,9-11,13,15,18H2,1-3H3,(H,32,37)(H3,31,33,34,36)/t25?,27-/m1/s1. The Hall–Kier alpha value is -3.24. The largest absolute Gasteiger partial charge is 0.370 e. The van der Waals surface area contributed by atoms with Gasteiger partial charge in [0.25, 0.3) is 0 Å². The molecule has 2 atom stereocenters. The number of aliphatic imine (C=N–C) groups is 1. The molecule has 216 valence electrons. The Balaban J connectivity index is 1.54. The van der Waals surface area contributed by atoms with Crippen molar-refractivity contribution in [1.82, 2.24) is 9.62 Å². The molecule has 2 aromatic rings. The minimum atomic E-state index is -3.67. The van der Waals surface area contributed by atoms with Crippen LogP contribution in [0.5, 0.6) is 0 Å². The second-order valence-corrected chi connectivity index (χ2v) is 13.3. The van der Waals surface area contributed by atoms with E-state index in [1.54, 1.807) is 13.0 Å². The third-order valence-electron chi connectivity index (χ3n) is 8.06. The fourth-order valence-corrected chi connectivity index (χ4v) is 6.65. The van der Waals surface area contributed by atoms with E-state index < -0.39 is 16.1 Å². The maximum Gasteiger partial charge on any atom is 0.249 e. The van der Waals surface area contributed by atoms with Crippen LogP contribution in [0.2, 0.25) is 0 Å². The number of aryl methyl sites for hydroxylation is 2. The normalized spacial score (nSPS) is 19.1. The van der Waals surface area contributed by atoms with E-state index >= 15 is 0 Å². The van der Waals surface area contributed by atoms with Gasteiger partial charge in [-0.2, -0.15) is 0 Å². The van der Waals surface area contributed by atoms with Gasteiger partial charge in [0, 0.05) is 19.8 Å². The minimum Gasteiger partial charge on any atom is -0.370 e. The van der Waals surface area contributed by atoms with Gasteiger partial charge in [0.15, 0.2) is 5.96 Å². The lowest BCUT2D eigenvalue weighted by molar-refractivity contribution is -0.121. The number of fused-ring (bicyclic) bond motifs is 1. The molecule has 0 aliphatic heterocycles. The molecule has 1 unspecified atom stereocenters. The maximum atomic E-state index is 13.6. The summed E-state index contributed by atoms with van der Waals surface area (Å²) in [5, 5.41) is 5.64. The zero-order chi connectivity index (χ0) is 28.9. The molecule has 0 aromatic heterocycles. The van der Waals surface area contributed by atoms with Crippen LogP contribution in [-0.2, 0) is 26.0 Å². The summed E-state index contributed by atoms with van der Waals surface area (Å²) in [6.07, 6.45) is 8.53. The molecule has 2 amide bonds. The molecule has 2 aromatic carbocycles. The fraction of sp³-hybridized carbons (Fsp3) is 0.500. The van der Waals surface area contributed by atoms with Gasteiger partial charge in [-0.05, 0) is 67.3 Å². The Morgan fingerprint density at radius 3 is 2.50 bits per heavy atom. The number of sulfonamides is 1. The van der Waals surface area contributed by atoms with Crippen molar-refractivity contribution in [2.75, 3.05) is 19.4 Å². The summed E-state index contributed by atoms with van der Waals surface area (Å²) >= 11 is 0. The predicted molar refractivity (Wildman–Crippen MR) is 158 cm³/mol. The van der Waals surface area contributed by atoms with Crippen LogP contribution in [0.25, 0.3) is 0 Å². The molecule has 0 heterocycles. The van der Waals surface area contributed by atoms with Gasteiger partial charge in [-0.25, -0.2) is 17.7 Å². The zero-order valence-electron chi connectivity index (χ0n) is 23.7. The molecule has 2 aliphatic carbocycles. The summed E-state index contributed by atoms with van der Waals surface area (Å²) in [5.41, 5.74) is 9.55. The monoisotopic (exact) mass is 567 g/mol. The lowest BCUT2D eigenvalue weighted by atomic mass is 9.82. The lowest BCUT2D eigenvalue weighted by Crippen LogP contribution is -2.42. The molecule has 2 aliphatic rings. The average Bonchev–Trinajstić information content (AvgIpc) is 2.93. The number of benzene rings is 2. The van der Waals surface area contributed by atoms with Crippen LogP contribution in [0.3, 0.4) is 0 Å². The number of carbonyl (C=O) groups is 2. The van der Waals surface area contributed by atoms with Gasteiger partial charge in [0.05, 0.1) is 10.8 Å². The second kappa shape index (κ2) is 13.0. The third kappa shape index (κ3) is 7.09. The number of carbonyl (C=O) groups excluding carboxylic acids is 2. The SMILES string of the molecule is Cc1ccc(S(=O)(=O)N(C)C)cc1NC(=O)[C@@H](CC1CCCCC1)N=C(N)NC(=O)C1CCCc2ccccc21. The highest BCUT2D eigenvalue weighted by molar-refractivity contribution is 7.89. The molecule has 0 saturated heterocycles. The van der Waals surface area contributed by atoms with Crippen molar-refractivity contribution in [3.63, 3.8) is 0 Å². The van der Waals surface area contributed by atoms with Crippen LogP contribution in [0.1, 0.15) is 74.0 Å². The van der Waals surface area contributed by atoms with Gasteiger partial charge in [-0.3, -0.25) is 14.9 Å². The summed E-state index contributed by atoms with van der Waals surface area (Å²) in [4.78, 5) is 31.4. The van der Waals surface area contributed by atoms with Crippen molar-refractivity contribution >= 4 is 33.5 Å². The van der Waals surface area contributed by atoms with Gasteiger partial charge < -0.3 is 11.1 Å². The number of guanidine groups is 1. The molecule has 0 radical (unpaired) electrons. The highest BCUT2D eigenvalue weighted by atomic mass is 32.2. The number of amides is 2. The van der Waals surface area contributed by atoms with E-state index in [9.17, 15) is 18.0 Å². The van der Waals surface area contributed by atoms with Crippen molar-refractivity contribution in [2.24, 2.45) is 16.6 Å². The summed E-state index contributed by atoms with van der Waals surface area (Å²) in [5.74, 6) is -0.669. The quantitative estimate of drug-likeness (QED) is 0.327. The first-order chi connectivity index (χ1) is 19.1. The minimum absolute atomic E-state index is 0.0790.